The Morgan fingerprint density at radius 2 is 1.79 bits per heavy atom. The molecule has 10 nitrogen and oxygen atoms in total. The molecule has 0 radical (unpaired) electrons. The number of aryl methyl sites for hydroxylation is 1. The third kappa shape index (κ3) is 4.05. The molecule has 0 unspecified atom stereocenters. The lowest BCUT2D eigenvalue weighted by molar-refractivity contribution is -0.385. The molecule has 1 aliphatic rings. The molecule has 0 N–H and O–H groups in total. The van der Waals surface area contributed by atoms with E-state index in [9.17, 15) is 25.0 Å². The first-order valence-corrected chi connectivity index (χ1v) is 8.73. The molecule has 1 aromatic carbocycles. The second kappa shape index (κ2) is 7.99. The molecule has 0 aliphatic carbocycles. The minimum Gasteiger partial charge on any atom is -0.353 e. The predicted molar refractivity (Wildman–Crippen MR) is 101 cm³/mol. The first kappa shape index (κ1) is 19.2. The summed E-state index contributed by atoms with van der Waals surface area (Å²) >= 11 is 0. The zero-order valence-electron chi connectivity index (χ0n) is 15.3. The Hall–Kier alpha value is -3.56. The average Bonchev–Trinajstić information content (AvgIpc) is 2.68. The zero-order valence-corrected chi connectivity index (χ0v) is 15.3. The van der Waals surface area contributed by atoms with Crippen molar-refractivity contribution >= 4 is 23.1 Å². The SMILES string of the molecule is Cc1cc([N+](=O)[O-])cnc1N1CCN(C(=O)Cc2ccccc2[N+](=O)[O-])CC1. The Labute approximate surface area is 160 Å². The Kier molecular flexibility index (Phi) is 5.48. The standard InChI is InChI=1S/C18H19N5O5/c1-13-10-15(22(25)26)12-19-18(13)21-8-6-20(7-9-21)17(24)11-14-4-2-3-5-16(14)23(27)28/h2-5,10,12H,6-9,11H2,1H3. The minimum absolute atomic E-state index is 0.0219. The van der Waals surface area contributed by atoms with Crippen LogP contribution >= 0.6 is 0 Å². The van der Waals surface area contributed by atoms with Crippen LogP contribution in [-0.2, 0) is 11.2 Å². The van der Waals surface area contributed by atoms with Crippen LogP contribution in [0.5, 0.6) is 0 Å². The number of hydrogen-bond acceptors (Lipinski definition) is 7. The number of amides is 1. The second-order valence-electron chi connectivity index (χ2n) is 6.52. The van der Waals surface area contributed by atoms with Crippen molar-refractivity contribution in [1.82, 2.24) is 9.88 Å². The van der Waals surface area contributed by atoms with E-state index in [0.717, 1.165) is 0 Å². The number of nitrogens with zero attached hydrogens (tertiary/aromatic N) is 5. The molecule has 0 spiro atoms. The molecule has 146 valence electrons. The zero-order chi connectivity index (χ0) is 20.3. The van der Waals surface area contributed by atoms with E-state index in [1.807, 2.05) is 4.90 Å². The monoisotopic (exact) mass is 385 g/mol. The highest BCUT2D eigenvalue weighted by Crippen LogP contribution is 2.23. The fraction of sp³-hybridized carbons (Fsp3) is 0.333. The molecule has 2 aromatic rings. The van der Waals surface area contributed by atoms with Gasteiger partial charge in [0, 0.05) is 43.9 Å². The largest absolute Gasteiger partial charge is 0.353 e. The molecule has 0 saturated carbocycles. The van der Waals surface area contributed by atoms with E-state index >= 15 is 0 Å². The van der Waals surface area contributed by atoms with Gasteiger partial charge in [0.25, 0.3) is 11.4 Å². The Bertz CT molecular complexity index is 924. The van der Waals surface area contributed by atoms with Gasteiger partial charge in [0.15, 0.2) is 0 Å². The molecule has 1 aromatic heterocycles. The summed E-state index contributed by atoms with van der Waals surface area (Å²) in [6.07, 6.45) is 1.21. The van der Waals surface area contributed by atoms with Gasteiger partial charge in [-0.3, -0.25) is 25.0 Å². The van der Waals surface area contributed by atoms with Crippen molar-refractivity contribution in [3.8, 4) is 0 Å². The maximum Gasteiger partial charge on any atom is 0.287 e. The number of rotatable bonds is 5. The first-order valence-electron chi connectivity index (χ1n) is 8.73. The van der Waals surface area contributed by atoms with Gasteiger partial charge < -0.3 is 9.80 Å². The van der Waals surface area contributed by atoms with Gasteiger partial charge in [-0.05, 0) is 12.5 Å². The van der Waals surface area contributed by atoms with Gasteiger partial charge in [0.05, 0.1) is 16.3 Å². The molecule has 1 fully saturated rings. The summed E-state index contributed by atoms with van der Waals surface area (Å²) in [6.45, 7) is 3.75. The number of para-hydroxylation sites is 1. The molecule has 0 atom stereocenters. The topological polar surface area (TPSA) is 123 Å². The number of nitro benzene ring substituents is 1. The number of anilines is 1. The van der Waals surface area contributed by atoms with E-state index < -0.39 is 9.85 Å². The summed E-state index contributed by atoms with van der Waals surface area (Å²) in [5.41, 5.74) is 0.987. The Balaban J connectivity index is 1.63. The smallest absolute Gasteiger partial charge is 0.287 e. The van der Waals surface area contributed by atoms with Gasteiger partial charge in [-0.2, -0.15) is 0 Å². The summed E-state index contributed by atoms with van der Waals surface area (Å²) in [4.78, 5) is 41.4. The lowest BCUT2D eigenvalue weighted by Gasteiger charge is -2.36. The average molecular weight is 385 g/mol. The number of piperazine rings is 1. The van der Waals surface area contributed by atoms with Crippen LogP contribution in [0.15, 0.2) is 36.5 Å². The van der Waals surface area contributed by atoms with Crippen molar-refractivity contribution in [2.45, 2.75) is 13.3 Å². The molecule has 10 heteroatoms. The van der Waals surface area contributed by atoms with Crippen LogP contribution in [0.2, 0.25) is 0 Å². The van der Waals surface area contributed by atoms with Crippen LogP contribution in [0.1, 0.15) is 11.1 Å². The van der Waals surface area contributed by atoms with Crippen LogP contribution in [0, 0.1) is 27.2 Å². The second-order valence-corrected chi connectivity index (χ2v) is 6.52. The van der Waals surface area contributed by atoms with Crippen LogP contribution in [-0.4, -0.2) is 51.8 Å². The molecule has 1 saturated heterocycles. The maximum atomic E-state index is 12.6. The number of pyridine rings is 1. The highest BCUT2D eigenvalue weighted by molar-refractivity contribution is 5.80. The van der Waals surface area contributed by atoms with Gasteiger partial charge in [-0.25, -0.2) is 4.98 Å². The normalized spacial score (nSPS) is 14.0. The lowest BCUT2D eigenvalue weighted by atomic mass is 10.1. The van der Waals surface area contributed by atoms with E-state index in [2.05, 4.69) is 4.98 Å². The minimum atomic E-state index is -0.483. The van der Waals surface area contributed by atoms with Crippen molar-refractivity contribution in [3.63, 3.8) is 0 Å². The fourth-order valence-corrected chi connectivity index (χ4v) is 3.26. The van der Waals surface area contributed by atoms with Gasteiger partial charge in [0.2, 0.25) is 5.91 Å². The van der Waals surface area contributed by atoms with Crippen molar-refractivity contribution in [2.24, 2.45) is 0 Å². The summed E-state index contributed by atoms with van der Waals surface area (Å²) in [5, 5.41) is 21.9. The van der Waals surface area contributed by atoms with E-state index in [0.29, 0.717) is 43.1 Å². The third-order valence-electron chi connectivity index (χ3n) is 4.71. The maximum absolute atomic E-state index is 12.6. The number of carbonyl (C=O) groups excluding carboxylic acids is 1. The van der Waals surface area contributed by atoms with Crippen molar-refractivity contribution in [2.75, 3.05) is 31.1 Å². The summed E-state index contributed by atoms with van der Waals surface area (Å²) in [7, 11) is 0. The number of aromatic nitrogens is 1. The summed E-state index contributed by atoms with van der Waals surface area (Å²) < 4.78 is 0. The van der Waals surface area contributed by atoms with Crippen molar-refractivity contribution in [3.05, 3.63) is 67.9 Å². The van der Waals surface area contributed by atoms with E-state index in [1.165, 1.54) is 18.3 Å². The molecule has 1 aliphatic heterocycles. The fourth-order valence-electron chi connectivity index (χ4n) is 3.26. The first-order chi connectivity index (χ1) is 13.4. The molecule has 28 heavy (non-hydrogen) atoms. The van der Waals surface area contributed by atoms with Crippen LogP contribution in [0.3, 0.4) is 0 Å². The molecule has 3 rings (SSSR count). The molecular weight excluding hydrogens is 366 g/mol. The van der Waals surface area contributed by atoms with Crippen molar-refractivity contribution < 1.29 is 14.6 Å². The van der Waals surface area contributed by atoms with Crippen LogP contribution < -0.4 is 4.90 Å². The predicted octanol–water partition coefficient (Wildman–Crippen LogP) is 2.10. The summed E-state index contributed by atoms with van der Waals surface area (Å²) in [5.74, 6) is 0.499. The quantitative estimate of drug-likeness (QED) is 0.570. The van der Waals surface area contributed by atoms with Gasteiger partial charge >= 0.3 is 0 Å². The number of hydrogen-bond donors (Lipinski definition) is 0. The highest BCUT2D eigenvalue weighted by atomic mass is 16.6. The Morgan fingerprint density at radius 3 is 2.39 bits per heavy atom. The third-order valence-corrected chi connectivity index (χ3v) is 4.71. The number of carbonyl (C=O) groups is 1. The van der Waals surface area contributed by atoms with Crippen LogP contribution in [0.4, 0.5) is 17.2 Å². The highest BCUT2D eigenvalue weighted by Gasteiger charge is 2.25. The van der Waals surface area contributed by atoms with E-state index in [4.69, 9.17) is 0 Å². The molecule has 0 bridgehead atoms. The molecule has 1 amide bonds. The Morgan fingerprint density at radius 1 is 1.11 bits per heavy atom. The number of benzene rings is 1. The molecular formula is C18H19N5O5. The van der Waals surface area contributed by atoms with Crippen molar-refractivity contribution in [1.29, 1.82) is 0 Å². The number of nitro groups is 2. The van der Waals surface area contributed by atoms with Crippen LogP contribution in [0.25, 0.3) is 0 Å². The van der Waals surface area contributed by atoms with E-state index in [1.54, 1.807) is 30.0 Å². The van der Waals surface area contributed by atoms with Gasteiger partial charge in [-0.15, -0.1) is 0 Å². The van der Waals surface area contributed by atoms with Gasteiger partial charge in [-0.1, -0.05) is 18.2 Å². The van der Waals surface area contributed by atoms with Gasteiger partial charge in [0.1, 0.15) is 12.0 Å². The van der Waals surface area contributed by atoms with E-state index in [-0.39, 0.29) is 23.7 Å². The summed E-state index contributed by atoms with van der Waals surface area (Å²) in [6, 6.07) is 7.72. The molecule has 2 heterocycles. The lowest BCUT2D eigenvalue weighted by Crippen LogP contribution is -2.49.